The fourth-order valence-electron chi connectivity index (χ4n) is 2.19. The SMILES string of the molecule is COc1cc(NC(C)c2cc(C)sc2C)c(Br)cc1Br. The summed E-state index contributed by atoms with van der Waals surface area (Å²) < 4.78 is 7.30. The molecular formula is C15H17Br2NOS. The second-order valence-corrected chi connectivity index (χ2v) is 7.87. The minimum Gasteiger partial charge on any atom is -0.495 e. The summed E-state index contributed by atoms with van der Waals surface area (Å²) in [4.78, 5) is 2.71. The monoisotopic (exact) mass is 417 g/mol. The Balaban J connectivity index is 2.27. The van der Waals surface area contributed by atoms with Crippen LogP contribution in [0.3, 0.4) is 0 Å². The number of hydrogen-bond donors (Lipinski definition) is 1. The van der Waals surface area contributed by atoms with Crippen LogP contribution in [0.15, 0.2) is 27.1 Å². The predicted octanol–water partition coefficient (Wildman–Crippen LogP) is 6.07. The largest absolute Gasteiger partial charge is 0.495 e. The average Bonchev–Trinajstić information content (AvgIpc) is 2.71. The summed E-state index contributed by atoms with van der Waals surface area (Å²) in [6.07, 6.45) is 0. The zero-order valence-corrected chi connectivity index (χ0v) is 15.9. The van der Waals surface area contributed by atoms with Gasteiger partial charge in [-0.25, -0.2) is 0 Å². The van der Waals surface area contributed by atoms with E-state index in [-0.39, 0.29) is 6.04 Å². The predicted molar refractivity (Wildman–Crippen MR) is 94.2 cm³/mol. The van der Waals surface area contributed by atoms with Gasteiger partial charge >= 0.3 is 0 Å². The summed E-state index contributed by atoms with van der Waals surface area (Å²) >= 11 is 8.91. The highest BCUT2D eigenvalue weighted by Crippen LogP contribution is 2.37. The molecule has 1 aromatic heterocycles. The number of aryl methyl sites for hydroxylation is 2. The number of benzene rings is 1. The molecule has 1 aromatic carbocycles. The molecule has 2 aromatic rings. The van der Waals surface area contributed by atoms with Crippen LogP contribution < -0.4 is 10.1 Å². The van der Waals surface area contributed by atoms with E-state index >= 15 is 0 Å². The van der Waals surface area contributed by atoms with Crippen LogP contribution in [0.4, 0.5) is 5.69 Å². The average molecular weight is 419 g/mol. The van der Waals surface area contributed by atoms with Gasteiger partial charge in [0, 0.05) is 26.3 Å². The first-order chi connectivity index (χ1) is 9.42. The summed E-state index contributed by atoms with van der Waals surface area (Å²) in [5.41, 5.74) is 2.38. The van der Waals surface area contributed by atoms with Gasteiger partial charge in [0.15, 0.2) is 0 Å². The Kier molecular flexibility index (Phi) is 5.15. The van der Waals surface area contributed by atoms with Gasteiger partial charge in [-0.05, 0) is 70.3 Å². The highest BCUT2D eigenvalue weighted by molar-refractivity contribution is 9.11. The van der Waals surface area contributed by atoms with Crippen LogP contribution in [0.2, 0.25) is 0 Å². The molecule has 0 radical (unpaired) electrons. The zero-order chi connectivity index (χ0) is 14.9. The number of rotatable bonds is 4. The molecule has 2 rings (SSSR count). The third-order valence-corrected chi connectivity index (χ3v) is 5.42. The Labute approximate surface area is 140 Å². The van der Waals surface area contributed by atoms with Crippen molar-refractivity contribution < 1.29 is 4.74 Å². The van der Waals surface area contributed by atoms with Crippen LogP contribution in [-0.2, 0) is 0 Å². The van der Waals surface area contributed by atoms with Crippen LogP contribution in [-0.4, -0.2) is 7.11 Å². The third-order valence-electron chi connectivity index (χ3n) is 3.16. The van der Waals surface area contributed by atoms with E-state index in [1.807, 2.05) is 23.5 Å². The molecule has 0 aliphatic heterocycles. The van der Waals surface area contributed by atoms with Gasteiger partial charge < -0.3 is 10.1 Å². The van der Waals surface area contributed by atoms with Crippen LogP contribution in [0.1, 0.15) is 28.3 Å². The van der Waals surface area contributed by atoms with E-state index in [1.165, 1.54) is 15.3 Å². The highest BCUT2D eigenvalue weighted by atomic mass is 79.9. The zero-order valence-electron chi connectivity index (χ0n) is 11.9. The molecule has 1 unspecified atom stereocenters. The first-order valence-corrected chi connectivity index (χ1v) is 8.69. The van der Waals surface area contributed by atoms with Crippen molar-refractivity contribution in [2.75, 3.05) is 12.4 Å². The number of nitrogens with one attached hydrogen (secondary N) is 1. The van der Waals surface area contributed by atoms with Gasteiger partial charge in [0.25, 0.3) is 0 Å². The Hall–Kier alpha value is -0.520. The molecule has 20 heavy (non-hydrogen) atoms. The Morgan fingerprint density at radius 1 is 1.15 bits per heavy atom. The van der Waals surface area contributed by atoms with Crippen LogP contribution in [0, 0.1) is 13.8 Å². The fraction of sp³-hybridized carbons (Fsp3) is 0.333. The first-order valence-electron chi connectivity index (χ1n) is 6.29. The summed E-state index contributed by atoms with van der Waals surface area (Å²) in [5, 5.41) is 3.54. The minimum atomic E-state index is 0.252. The van der Waals surface area contributed by atoms with E-state index in [4.69, 9.17) is 4.74 Å². The van der Waals surface area contributed by atoms with Crippen LogP contribution >= 0.6 is 43.2 Å². The number of thiophene rings is 1. The van der Waals surface area contributed by atoms with Crippen molar-refractivity contribution >= 4 is 48.9 Å². The molecule has 0 bridgehead atoms. The summed E-state index contributed by atoms with van der Waals surface area (Å²) in [6, 6.07) is 6.50. The molecule has 0 aliphatic carbocycles. The van der Waals surface area contributed by atoms with Crippen molar-refractivity contribution in [3.8, 4) is 5.75 Å². The van der Waals surface area contributed by atoms with Crippen molar-refractivity contribution in [1.82, 2.24) is 0 Å². The first kappa shape index (κ1) is 15.9. The Morgan fingerprint density at radius 2 is 1.85 bits per heavy atom. The lowest BCUT2D eigenvalue weighted by Gasteiger charge is -2.18. The molecule has 1 N–H and O–H groups in total. The van der Waals surface area contributed by atoms with Gasteiger partial charge in [-0.15, -0.1) is 11.3 Å². The second kappa shape index (κ2) is 6.50. The molecule has 0 amide bonds. The summed E-state index contributed by atoms with van der Waals surface area (Å²) in [7, 11) is 1.67. The normalized spacial score (nSPS) is 12.3. The second-order valence-electron chi connectivity index (χ2n) is 4.70. The van der Waals surface area contributed by atoms with Crippen molar-refractivity contribution in [3.63, 3.8) is 0 Å². The molecular weight excluding hydrogens is 402 g/mol. The maximum Gasteiger partial charge on any atom is 0.135 e. The summed E-state index contributed by atoms with van der Waals surface area (Å²) in [5.74, 6) is 0.820. The lowest BCUT2D eigenvalue weighted by atomic mass is 10.1. The van der Waals surface area contributed by atoms with E-state index < -0.39 is 0 Å². The van der Waals surface area contributed by atoms with E-state index in [0.29, 0.717) is 0 Å². The molecule has 0 saturated carbocycles. The van der Waals surface area contributed by atoms with E-state index in [0.717, 1.165) is 20.4 Å². The molecule has 108 valence electrons. The minimum absolute atomic E-state index is 0.252. The van der Waals surface area contributed by atoms with Gasteiger partial charge in [0.2, 0.25) is 0 Å². The standard InChI is InChI=1S/C15H17Br2NOS/c1-8-5-11(10(3)20-8)9(2)18-14-7-15(19-4)13(17)6-12(14)16/h5-7,9,18H,1-4H3. The van der Waals surface area contributed by atoms with Gasteiger partial charge in [-0.1, -0.05) is 0 Å². The fourth-order valence-corrected chi connectivity index (χ4v) is 4.48. The van der Waals surface area contributed by atoms with E-state index in [9.17, 15) is 0 Å². The van der Waals surface area contributed by atoms with Crippen LogP contribution in [0.5, 0.6) is 5.75 Å². The molecule has 0 fully saturated rings. The molecule has 0 saturated heterocycles. The van der Waals surface area contributed by atoms with E-state index in [1.54, 1.807) is 7.11 Å². The smallest absolute Gasteiger partial charge is 0.135 e. The van der Waals surface area contributed by atoms with Crippen LogP contribution in [0.25, 0.3) is 0 Å². The Morgan fingerprint density at radius 3 is 2.40 bits per heavy atom. The maximum absolute atomic E-state index is 5.35. The van der Waals surface area contributed by atoms with Crippen molar-refractivity contribution in [3.05, 3.63) is 42.5 Å². The number of anilines is 1. The van der Waals surface area contributed by atoms with Gasteiger partial charge in [0.05, 0.1) is 17.3 Å². The van der Waals surface area contributed by atoms with Gasteiger partial charge in [0.1, 0.15) is 5.75 Å². The lowest BCUT2D eigenvalue weighted by Crippen LogP contribution is -2.07. The number of methoxy groups -OCH3 is 1. The highest BCUT2D eigenvalue weighted by Gasteiger charge is 2.14. The molecule has 5 heteroatoms. The quantitative estimate of drug-likeness (QED) is 0.650. The topological polar surface area (TPSA) is 21.3 Å². The van der Waals surface area contributed by atoms with Gasteiger partial charge in [-0.2, -0.15) is 0 Å². The Bertz CT molecular complexity index is 625. The van der Waals surface area contributed by atoms with Crippen molar-refractivity contribution in [2.24, 2.45) is 0 Å². The maximum atomic E-state index is 5.35. The number of halogens is 2. The van der Waals surface area contributed by atoms with Gasteiger partial charge in [-0.3, -0.25) is 0 Å². The molecule has 0 aliphatic rings. The summed E-state index contributed by atoms with van der Waals surface area (Å²) in [6.45, 7) is 6.49. The lowest BCUT2D eigenvalue weighted by molar-refractivity contribution is 0.412. The van der Waals surface area contributed by atoms with E-state index in [2.05, 4.69) is 64.0 Å². The van der Waals surface area contributed by atoms with Crippen molar-refractivity contribution in [2.45, 2.75) is 26.8 Å². The number of hydrogen-bond acceptors (Lipinski definition) is 3. The third kappa shape index (κ3) is 3.38. The molecule has 2 nitrogen and oxygen atoms in total. The molecule has 1 heterocycles. The molecule has 0 spiro atoms. The number of ether oxygens (including phenoxy) is 1. The van der Waals surface area contributed by atoms with Crippen molar-refractivity contribution in [1.29, 1.82) is 0 Å². The molecule has 1 atom stereocenters.